The summed E-state index contributed by atoms with van der Waals surface area (Å²) in [5, 5.41) is 10.2. The van der Waals surface area contributed by atoms with Crippen LogP contribution in [0.2, 0.25) is 0 Å². The van der Waals surface area contributed by atoms with Gasteiger partial charge >= 0.3 is 5.97 Å². The summed E-state index contributed by atoms with van der Waals surface area (Å²) in [6, 6.07) is 0.892. The van der Waals surface area contributed by atoms with Crippen molar-refractivity contribution in [2.24, 2.45) is 5.84 Å². The largest absolute Gasteiger partial charge is 0.456 e. The Labute approximate surface area is 151 Å². The molecule has 2 rings (SSSR count). The molecule has 1 heterocycles. The van der Waals surface area contributed by atoms with Gasteiger partial charge in [0.25, 0.3) is 11.5 Å². The maximum Gasteiger partial charge on any atom is 0.340 e. The summed E-state index contributed by atoms with van der Waals surface area (Å²) in [6.07, 6.45) is 1.72. The lowest BCUT2D eigenvalue weighted by atomic mass is 9.89. The molecule has 8 nitrogen and oxygen atoms in total. The van der Waals surface area contributed by atoms with Gasteiger partial charge in [-0.1, -0.05) is 0 Å². The first-order valence-electron chi connectivity index (χ1n) is 7.70. The molecule has 0 aliphatic heterocycles. The molecule has 1 aromatic rings. The van der Waals surface area contributed by atoms with Crippen LogP contribution in [0.15, 0.2) is 17.1 Å². The number of ether oxygens (including phenoxy) is 1. The number of hydrazine groups is 1. The van der Waals surface area contributed by atoms with Crippen molar-refractivity contribution in [3.05, 3.63) is 33.7 Å². The highest BCUT2D eigenvalue weighted by Crippen LogP contribution is 2.31. The molecule has 3 N–H and O–H groups in total. The molecule has 0 spiro atoms. The van der Waals surface area contributed by atoms with Crippen LogP contribution in [0, 0.1) is 0 Å². The summed E-state index contributed by atoms with van der Waals surface area (Å²) in [5.41, 5.74) is -1.30. The summed E-state index contributed by atoms with van der Waals surface area (Å²) < 4.78 is 6.69. The number of carbonyl (C=O) groups excluding carboxylic acids is 2. The Bertz CT molecular complexity index is 717. The zero-order chi connectivity index (χ0) is 18.2. The van der Waals surface area contributed by atoms with Crippen molar-refractivity contribution in [2.45, 2.75) is 51.4 Å². The summed E-state index contributed by atoms with van der Waals surface area (Å²) in [6.45, 7) is 5.12. The van der Waals surface area contributed by atoms with Gasteiger partial charge in [0, 0.05) is 25.4 Å². The lowest BCUT2D eigenvalue weighted by molar-refractivity contribution is 0.00644. The van der Waals surface area contributed by atoms with Crippen LogP contribution in [-0.4, -0.2) is 45.3 Å². The third-order valence-corrected chi connectivity index (χ3v) is 3.73. The highest BCUT2D eigenvalue weighted by atomic mass is 35.5. The van der Waals surface area contributed by atoms with E-state index in [9.17, 15) is 19.5 Å². The summed E-state index contributed by atoms with van der Waals surface area (Å²) >= 11 is 0. The van der Waals surface area contributed by atoms with E-state index in [2.05, 4.69) is 0 Å². The van der Waals surface area contributed by atoms with Crippen LogP contribution in [0.4, 0.5) is 0 Å². The van der Waals surface area contributed by atoms with Gasteiger partial charge in [-0.15, -0.1) is 12.4 Å². The highest BCUT2D eigenvalue weighted by molar-refractivity contribution is 6.04. The van der Waals surface area contributed by atoms with E-state index in [1.165, 1.54) is 17.8 Å². The SMILES string of the molecule is CN(N)C(=O)c1cc(=O)n(C2CC(O)C2)cc1C(=O)OC(C)(C)C.Cl. The van der Waals surface area contributed by atoms with Crippen molar-refractivity contribution < 1.29 is 19.4 Å². The third kappa shape index (κ3) is 4.81. The Hall–Kier alpha value is -1.90. The number of pyridine rings is 1. The fourth-order valence-electron chi connectivity index (χ4n) is 2.48. The predicted octanol–water partition coefficient (Wildman–Crippen LogP) is 0.867. The normalized spacial score (nSPS) is 19.4. The van der Waals surface area contributed by atoms with Gasteiger partial charge in [0.05, 0.1) is 17.2 Å². The molecule has 0 saturated heterocycles. The minimum atomic E-state index is -0.750. The lowest BCUT2D eigenvalue weighted by Gasteiger charge is -2.33. The quantitative estimate of drug-likeness (QED) is 0.351. The van der Waals surface area contributed by atoms with Gasteiger partial charge in [0.15, 0.2) is 0 Å². The molecule has 0 atom stereocenters. The molecule has 1 aliphatic carbocycles. The number of nitrogens with zero attached hydrogens (tertiary/aromatic N) is 2. The Kier molecular flexibility index (Phi) is 6.39. The second-order valence-corrected chi connectivity index (χ2v) is 7.04. The number of aliphatic hydroxyl groups is 1. The molecule has 25 heavy (non-hydrogen) atoms. The third-order valence-electron chi connectivity index (χ3n) is 3.73. The molecule has 140 valence electrons. The van der Waals surface area contributed by atoms with Crippen molar-refractivity contribution in [3.63, 3.8) is 0 Å². The first-order valence-corrected chi connectivity index (χ1v) is 7.70. The number of rotatable bonds is 3. The van der Waals surface area contributed by atoms with Crippen LogP contribution in [-0.2, 0) is 4.74 Å². The first kappa shape index (κ1) is 21.1. The van der Waals surface area contributed by atoms with Gasteiger partial charge in [-0.2, -0.15) is 0 Å². The van der Waals surface area contributed by atoms with E-state index < -0.39 is 29.1 Å². The molecule has 1 fully saturated rings. The van der Waals surface area contributed by atoms with Crippen LogP contribution in [0.1, 0.15) is 60.4 Å². The number of aromatic nitrogens is 1. The fourth-order valence-corrected chi connectivity index (χ4v) is 2.48. The monoisotopic (exact) mass is 373 g/mol. The topological polar surface area (TPSA) is 115 Å². The summed E-state index contributed by atoms with van der Waals surface area (Å²) in [7, 11) is 1.33. The molecule has 0 unspecified atom stereocenters. The van der Waals surface area contributed by atoms with Gasteiger partial charge in [-0.3, -0.25) is 14.6 Å². The Morgan fingerprint density at radius 2 is 1.88 bits per heavy atom. The first-order chi connectivity index (χ1) is 11.0. The average Bonchev–Trinajstić information content (AvgIpc) is 2.41. The Morgan fingerprint density at radius 1 is 1.32 bits per heavy atom. The fraction of sp³-hybridized carbons (Fsp3) is 0.562. The maximum absolute atomic E-state index is 12.5. The summed E-state index contributed by atoms with van der Waals surface area (Å²) in [5.74, 6) is 4.09. The zero-order valence-electron chi connectivity index (χ0n) is 14.7. The number of carbonyl (C=O) groups is 2. The van der Waals surface area contributed by atoms with Crippen LogP contribution >= 0.6 is 12.4 Å². The van der Waals surface area contributed by atoms with Gasteiger partial charge < -0.3 is 14.4 Å². The predicted molar refractivity (Wildman–Crippen MR) is 93.7 cm³/mol. The number of esters is 1. The number of hydrogen-bond donors (Lipinski definition) is 2. The number of amides is 1. The van der Waals surface area contributed by atoms with Crippen molar-refractivity contribution >= 4 is 24.3 Å². The minimum absolute atomic E-state index is 0. The van der Waals surface area contributed by atoms with Crippen LogP contribution < -0.4 is 11.4 Å². The van der Waals surface area contributed by atoms with Crippen molar-refractivity contribution in [1.82, 2.24) is 9.58 Å². The number of nitrogens with two attached hydrogens (primary N) is 1. The number of hydrogen-bond acceptors (Lipinski definition) is 6. The molecule has 0 aromatic carbocycles. The van der Waals surface area contributed by atoms with E-state index in [1.54, 1.807) is 20.8 Å². The Balaban J connectivity index is 0.00000312. The van der Waals surface area contributed by atoms with Gasteiger partial charge in [0.2, 0.25) is 0 Å². The van der Waals surface area contributed by atoms with Crippen LogP contribution in [0.5, 0.6) is 0 Å². The highest BCUT2D eigenvalue weighted by Gasteiger charge is 2.32. The van der Waals surface area contributed by atoms with E-state index in [0.717, 1.165) is 11.1 Å². The van der Waals surface area contributed by atoms with Crippen molar-refractivity contribution in [2.75, 3.05) is 7.05 Å². The number of aliphatic hydroxyl groups excluding tert-OH is 1. The minimum Gasteiger partial charge on any atom is -0.456 e. The zero-order valence-corrected chi connectivity index (χ0v) is 15.5. The maximum atomic E-state index is 12.5. The van der Waals surface area contributed by atoms with E-state index in [0.29, 0.717) is 12.8 Å². The molecule has 1 amide bonds. The van der Waals surface area contributed by atoms with Gasteiger partial charge in [-0.25, -0.2) is 10.6 Å². The molecular formula is C16H24ClN3O5. The number of halogens is 1. The van der Waals surface area contributed by atoms with E-state index in [1.807, 2.05) is 0 Å². The molecule has 1 saturated carbocycles. The van der Waals surface area contributed by atoms with Crippen LogP contribution in [0.25, 0.3) is 0 Å². The van der Waals surface area contributed by atoms with E-state index in [4.69, 9.17) is 10.6 Å². The smallest absolute Gasteiger partial charge is 0.340 e. The second-order valence-electron chi connectivity index (χ2n) is 7.04. The van der Waals surface area contributed by atoms with Gasteiger partial charge in [0.1, 0.15) is 5.60 Å². The second kappa shape index (κ2) is 7.55. The molecule has 0 bridgehead atoms. The molecular weight excluding hydrogens is 350 g/mol. The van der Waals surface area contributed by atoms with E-state index >= 15 is 0 Å². The van der Waals surface area contributed by atoms with Crippen molar-refractivity contribution in [3.8, 4) is 0 Å². The van der Waals surface area contributed by atoms with E-state index in [-0.39, 0.29) is 29.6 Å². The van der Waals surface area contributed by atoms with Crippen molar-refractivity contribution in [1.29, 1.82) is 0 Å². The van der Waals surface area contributed by atoms with Crippen LogP contribution in [0.3, 0.4) is 0 Å². The molecule has 1 aromatic heterocycles. The summed E-state index contributed by atoms with van der Waals surface area (Å²) in [4.78, 5) is 37.0. The average molecular weight is 374 g/mol. The lowest BCUT2D eigenvalue weighted by Crippen LogP contribution is -2.40. The molecule has 1 aliphatic rings. The molecule has 9 heteroatoms. The standard InChI is InChI=1S/C16H23N3O5.ClH/c1-16(2,3)24-15(23)12-8-19(9-5-10(20)6-9)13(21)7-11(12)14(22)18(4)17;/h7-10,20H,5-6,17H2,1-4H3;1H. The van der Waals surface area contributed by atoms with Gasteiger partial charge in [-0.05, 0) is 33.6 Å². The molecule has 0 radical (unpaired) electrons. The Morgan fingerprint density at radius 3 is 2.32 bits per heavy atom.